The summed E-state index contributed by atoms with van der Waals surface area (Å²) in [6.45, 7) is 18.5. The number of allylic oxidation sites excluding steroid dienone is 2. The van der Waals surface area contributed by atoms with E-state index < -0.39 is 0 Å². The van der Waals surface area contributed by atoms with Crippen LogP contribution in [0.3, 0.4) is 0 Å². The Labute approximate surface area is 90.8 Å². The number of rotatable bonds is 3. The summed E-state index contributed by atoms with van der Waals surface area (Å²) in [6, 6.07) is 0. The number of hydrogen-bond acceptors (Lipinski definition) is 0. The predicted octanol–water partition coefficient (Wildman–Crippen LogP) is 5.05. The second kappa shape index (κ2) is 4.51. The molecule has 0 N–H and O–H groups in total. The molecule has 0 saturated carbocycles. The Balaban J connectivity index is 4.77. The molecule has 0 nitrogen and oxygen atoms in total. The van der Waals surface area contributed by atoms with E-state index in [1.165, 1.54) is 6.42 Å². The fourth-order valence-electron chi connectivity index (χ4n) is 2.93. The van der Waals surface area contributed by atoms with Crippen molar-refractivity contribution < 1.29 is 0 Å². The molecule has 84 valence electrons. The molecule has 0 heterocycles. The van der Waals surface area contributed by atoms with Gasteiger partial charge in [0, 0.05) is 0 Å². The van der Waals surface area contributed by atoms with Crippen LogP contribution in [-0.4, -0.2) is 0 Å². The minimum atomic E-state index is 0.334. The van der Waals surface area contributed by atoms with Gasteiger partial charge in [-0.1, -0.05) is 60.1 Å². The van der Waals surface area contributed by atoms with Crippen LogP contribution in [0.2, 0.25) is 0 Å². The van der Waals surface area contributed by atoms with Gasteiger partial charge in [-0.05, 0) is 30.1 Å². The summed E-state index contributed by atoms with van der Waals surface area (Å²) in [6.07, 6.45) is 3.55. The third kappa shape index (κ3) is 4.30. The molecular weight excluding hydrogens is 168 g/mol. The fourth-order valence-corrected chi connectivity index (χ4v) is 2.93. The van der Waals surface area contributed by atoms with Gasteiger partial charge in [-0.3, -0.25) is 0 Å². The average Bonchev–Trinajstić information content (AvgIpc) is 1.79. The van der Waals surface area contributed by atoms with Crippen LogP contribution in [0.4, 0.5) is 0 Å². The molecule has 0 unspecified atom stereocenters. The number of hydrogen-bond donors (Lipinski definition) is 0. The zero-order chi connectivity index (χ0) is 11.6. The smallest absolute Gasteiger partial charge is 0.0137 e. The highest BCUT2D eigenvalue weighted by atomic mass is 14.3. The molecule has 0 saturated heterocycles. The first kappa shape index (κ1) is 13.7. The summed E-state index contributed by atoms with van der Waals surface area (Å²) in [7, 11) is 0. The van der Waals surface area contributed by atoms with Gasteiger partial charge in [0.25, 0.3) is 0 Å². The van der Waals surface area contributed by atoms with Crippen LogP contribution in [0.1, 0.15) is 61.8 Å². The maximum absolute atomic E-state index is 2.37. The van der Waals surface area contributed by atoms with Gasteiger partial charge in [0.1, 0.15) is 0 Å². The molecule has 0 fully saturated rings. The van der Waals surface area contributed by atoms with Crippen LogP contribution in [-0.2, 0) is 0 Å². The predicted molar refractivity (Wildman–Crippen MR) is 66.4 cm³/mol. The molecule has 0 bridgehead atoms. The van der Waals surface area contributed by atoms with Crippen molar-refractivity contribution in [2.45, 2.75) is 61.8 Å². The Hall–Kier alpha value is -0.260. The molecule has 0 aliphatic heterocycles. The van der Waals surface area contributed by atoms with Crippen LogP contribution < -0.4 is 0 Å². The van der Waals surface area contributed by atoms with Crippen LogP contribution in [0.25, 0.3) is 0 Å². The maximum Gasteiger partial charge on any atom is -0.0137 e. The Bertz CT molecular complexity index is 199. The molecule has 0 aromatic rings. The minimum Gasteiger partial charge on any atom is -0.0877 e. The molecule has 0 spiro atoms. The van der Waals surface area contributed by atoms with E-state index in [1.807, 2.05) is 0 Å². The van der Waals surface area contributed by atoms with Gasteiger partial charge in [-0.25, -0.2) is 0 Å². The van der Waals surface area contributed by atoms with Gasteiger partial charge in [0.2, 0.25) is 0 Å². The van der Waals surface area contributed by atoms with Crippen LogP contribution in [0.15, 0.2) is 11.6 Å². The molecular formula is C14H28. The average molecular weight is 196 g/mol. The minimum absolute atomic E-state index is 0.334. The van der Waals surface area contributed by atoms with Crippen LogP contribution in [0, 0.1) is 16.7 Å². The lowest BCUT2D eigenvalue weighted by atomic mass is 9.69. The van der Waals surface area contributed by atoms with E-state index in [1.54, 1.807) is 5.57 Å². The topological polar surface area (TPSA) is 0 Å². The first-order valence-electron chi connectivity index (χ1n) is 5.77. The van der Waals surface area contributed by atoms with Gasteiger partial charge >= 0.3 is 0 Å². The highest BCUT2D eigenvalue weighted by molar-refractivity contribution is 5.14. The van der Waals surface area contributed by atoms with E-state index >= 15 is 0 Å². The van der Waals surface area contributed by atoms with Crippen molar-refractivity contribution in [2.75, 3.05) is 0 Å². The zero-order valence-corrected chi connectivity index (χ0v) is 11.4. The van der Waals surface area contributed by atoms with Crippen molar-refractivity contribution in [3.63, 3.8) is 0 Å². The molecule has 0 radical (unpaired) electrons. The SMILES string of the molecule is CC=C(C(C)C)C(C)(C)CC(C)(C)C. The molecule has 14 heavy (non-hydrogen) atoms. The summed E-state index contributed by atoms with van der Waals surface area (Å²) >= 11 is 0. The summed E-state index contributed by atoms with van der Waals surface area (Å²) in [5.74, 6) is 0.664. The molecule has 0 heteroatoms. The van der Waals surface area contributed by atoms with Gasteiger partial charge in [0.15, 0.2) is 0 Å². The third-order valence-corrected chi connectivity index (χ3v) is 2.69. The zero-order valence-electron chi connectivity index (χ0n) is 11.4. The molecule has 0 aliphatic carbocycles. The van der Waals surface area contributed by atoms with Crippen molar-refractivity contribution in [2.24, 2.45) is 16.7 Å². The van der Waals surface area contributed by atoms with E-state index in [9.17, 15) is 0 Å². The van der Waals surface area contributed by atoms with Crippen molar-refractivity contribution in [1.82, 2.24) is 0 Å². The van der Waals surface area contributed by atoms with E-state index in [0.29, 0.717) is 16.7 Å². The molecule has 0 aliphatic rings. The second-order valence-corrected chi connectivity index (χ2v) is 6.52. The quantitative estimate of drug-likeness (QED) is 0.554. The maximum atomic E-state index is 2.37. The highest BCUT2D eigenvalue weighted by Crippen LogP contribution is 2.41. The van der Waals surface area contributed by atoms with E-state index in [2.05, 4.69) is 61.5 Å². The van der Waals surface area contributed by atoms with Gasteiger partial charge in [0.05, 0.1) is 0 Å². The lowest BCUT2D eigenvalue weighted by molar-refractivity contribution is 0.237. The van der Waals surface area contributed by atoms with E-state index in [4.69, 9.17) is 0 Å². The Morgan fingerprint density at radius 3 is 1.71 bits per heavy atom. The molecule has 0 rings (SSSR count). The molecule has 0 amide bonds. The monoisotopic (exact) mass is 196 g/mol. The molecule has 0 atom stereocenters. The Kier molecular flexibility index (Phi) is 4.42. The van der Waals surface area contributed by atoms with Gasteiger partial charge in [-0.2, -0.15) is 0 Å². The summed E-state index contributed by atoms with van der Waals surface area (Å²) in [5, 5.41) is 0. The largest absolute Gasteiger partial charge is 0.0877 e. The van der Waals surface area contributed by atoms with Gasteiger partial charge < -0.3 is 0 Å². The van der Waals surface area contributed by atoms with Crippen LogP contribution >= 0.6 is 0 Å². The summed E-state index contributed by atoms with van der Waals surface area (Å²) < 4.78 is 0. The fraction of sp³-hybridized carbons (Fsp3) is 0.857. The molecule has 0 aromatic heterocycles. The molecule has 0 aromatic carbocycles. The normalized spacial score (nSPS) is 15.1. The first-order valence-corrected chi connectivity index (χ1v) is 5.77. The Morgan fingerprint density at radius 2 is 1.50 bits per heavy atom. The van der Waals surface area contributed by atoms with Crippen molar-refractivity contribution in [1.29, 1.82) is 0 Å². The first-order chi connectivity index (χ1) is 6.10. The Morgan fingerprint density at radius 1 is 1.07 bits per heavy atom. The van der Waals surface area contributed by atoms with Gasteiger partial charge in [-0.15, -0.1) is 0 Å². The highest BCUT2D eigenvalue weighted by Gasteiger charge is 2.29. The second-order valence-electron chi connectivity index (χ2n) is 6.52. The standard InChI is InChI=1S/C14H28/c1-9-12(11(2)3)14(7,8)10-13(4,5)6/h9,11H,10H2,1-8H3. The third-order valence-electron chi connectivity index (χ3n) is 2.69. The van der Waals surface area contributed by atoms with E-state index in [-0.39, 0.29) is 0 Å². The van der Waals surface area contributed by atoms with E-state index in [0.717, 1.165) is 0 Å². The van der Waals surface area contributed by atoms with Crippen LogP contribution in [0.5, 0.6) is 0 Å². The van der Waals surface area contributed by atoms with Crippen molar-refractivity contribution >= 4 is 0 Å². The lowest BCUT2D eigenvalue weighted by Crippen LogP contribution is -2.25. The summed E-state index contributed by atoms with van der Waals surface area (Å²) in [4.78, 5) is 0. The lowest BCUT2D eigenvalue weighted by Gasteiger charge is -2.36. The van der Waals surface area contributed by atoms with Crippen molar-refractivity contribution in [3.8, 4) is 0 Å². The summed E-state index contributed by atoms with van der Waals surface area (Å²) in [5.41, 5.74) is 2.33. The van der Waals surface area contributed by atoms with Crippen molar-refractivity contribution in [3.05, 3.63) is 11.6 Å².